The van der Waals surface area contributed by atoms with E-state index in [-0.39, 0.29) is 31.3 Å². The summed E-state index contributed by atoms with van der Waals surface area (Å²) >= 11 is 0. The highest BCUT2D eigenvalue weighted by Crippen LogP contribution is 2.09. The van der Waals surface area contributed by atoms with Crippen molar-refractivity contribution < 1.29 is 18.7 Å². The lowest BCUT2D eigenvalue weighted by Gasteiger charge is -2.07. The van der Waals surface area contributed by atoms with Crippen LogP contribution < -0.4 is 15.4 Å². The van der Waals surface area contributed by atoms with Gasteiger partial charge < -0.3 is 15.4 Å². The number of pyridine rings is 1. The van der Waals surface area contributed by atoms with Crippen LogP contribution >= 0.6 is 0 Å². The molecule has 0 aliphatic carbocycles. The topological polar surface area (TPSA) is 80.3 Å². The number of amides is 2. The molecule has 0 saturated carbocycles. The van der Waals surface area contributed by atoms with Crippen molar-refractivity contribution >= 4 is 11.8 Å². The Kier molecular flexibility index (Phi) is 6.24. The fourth-order valence-corrected chi connectivity index (χ4v) is 1.95. The van der Waals surface area contributed by atoms with Crippen LogP contribution in [0.4, 0.5) is 4.39 Å². The maximum absolute atomic E-state index is 12.8. The third-order valence-corrected chi connectivity index (χ3v) is 3.23. The average Bonchev–Trinajstić information content (AvgIpc) is 2.60. The molecule has 0 fully saturated rings. The molecule has 1 aromatic heterocycles. The van der Waals surface area contributed by atoms with Crippen molar-refractivity contribution in [3.8, 4) is 5.75 Å². The van der Waals surface area contributed by atoms with Gasteiger partial charge >= 0.3 is 0 Å². The van der Waals surface area contributed by atoms with Crippen LogP contribution in [0.2, 0.25) is 0 Å². The number of nitrogens with one attached hydrogen (secondary N) is 2. The number of hydrogen-bond acceptors (Lipinski definition) is 4. The standard InChI is InChI=1S/C17H18FN3O3/c1-24-15-6-8-19-14(10-15)11-21-16(22)7-9-20-17(23)12-2-4-13(18)5-3-12/h2-6,8,10H,7,9,11H2,1H3,(H,20,23)(H,21,22). The van der Waals surface area contributed by atoms with Crippen molar-refractivity contribution in [2.45, 2.75) is 13.0 Å². The van der Waals surface area contributed by atoms with Crippen LogP contribution in [0.25, 0.3) is 0 Å². The Labute approximate surface area is 139 Å². The highest BCUT2D eigenvalue weighted by molar-refractivity contribution is 5.94. The number of nitrogens with zero attached hydrogens (tertiary/aromatic N) is 1. The van der Waals surface area contributed by atoms with Gasteiger partial charge in [0.05, 0.1) is 19.3 Å². The number of aromatic nitrogens is 1. The van der Waals surface area contributed by atoms with E-state index >= 15 is 0 Å². The normalized spacial score (nSPS) is 10.1. The second-order valence-electron chi connectivity index (χ2n) is 4.98. The molecular formula is C17H18FN3O3. The Morgan fingerprint density at radius 2 is 1.92 bits per heavy atom. The minimum Gasteiger partial charge on any atom is -0.497 e. The Bertz CT molecular complexity index is 704. The van der Waals surface area contributed by atoms with E-state index in [2.05, 4.69) is 15.6 Å². The van der Waals surface area contributed by atoms with Crippen molar-refractivity contribution in [1.29, 1.82) is 0 Å². The van der Waals surface area contributed by atoms with Crippen LogP contribution in [0, 0.1) is 5.82 Å². The maximum atomic E-state index is 12.8. The summed E-state index contributed by atoms with van der Waals surface area (Å²) in [5, 5.41) is 5.32. The maximum Gasteiger partial charge on any atom is 0.251 e. The molecular weight excluding hydrogens is 313 g/mol. The monoisotopic (exact) mass is 331 g/mol. The molecule has 7 heteroatoms. The molecule has 0 radical (unpaired) electrons. The lowest BCUT2D eigenvalue weighted by atomic mass is 10.2. The van der Waals surface area contributed by atoms with Crippen molar-refractivity contribution in [3.05, 3.63) is 59.7 Å². The molecule has 1 heterocycles. The molecule has 0 atom stereocenters. The lowest BCUT2D eigenvalue weighted by molar-refractivity contribution is -0.121. The van der Waals surface area contributed by atoms with E-state index in [0.717, 1.165) is 0 Å². The quantitative estimate of drug-likeness (QED) is 0.809. The minimum atomic E-state index is -0.405. The number of benzene rings is 1. The highest BCUT2D eigenvalue weighted by atomic mass is 19.1. The fraction of sp³-hybridized carbons (Fsp3) is 0.235. The zero-order valence-corrected chi connectivity index (χ0v) is 13.2. The lowest BCUT2D eigenvalue weighted by Crippen LogP contribution is -2.30. The first kappa shape index (κ1) is 17.4. The van der Waals surface area contributed by atoms with Crippen LogP contribution in [-0.2, 0) is 11.3 Å². The van der Waals surface area contributed by atoms with E-state index in [1.807, 2.05) is 0 Å². The number of methoxy groups -OCH3 is 1. The van der Waals surface area contributed by atoms with E-state index in [0.29, 0.717) is 17.0 Å². The number of carbonyl (C=O) groups excluding carboxylic acids is 2. The fourth-order valence-electron chi connectivity index (χ4n) is 1.95. The Hall–Kier alpha value is -2.96. The van der Waals surface area contributed by atoms with E-state index in [9.17, 15) is 14.0 Å². The van der Waals surface area contributed by atoms with E-state index in [1.54, 1.807) is 25.4 Å². The number of hydrogen-bond donors (Lipinski definition) is 2. The van der Waals surface area contributed by atoms with Crippen molar-refractivity contribution in [1.82, 2.24) is 15.6 Å². The van der Waals surface area contributed by atoms with E-state index in [4.69, 9.17) is 4.74 Å². The third-order valence-electron chi connectivity index (χ3n) is 3.23. The van der Waals surface area contributed by atoms with Gasteiger partial charge in [0.15, 0.2) is 0 Å². The van der Waals surface area contributed by atoms with Crippen LogP contribution in [0.3, 0.4) is 0 Å². The summed E-state index contributed by atoms with van der Waals surface area (Å²) < 4.78 is 17.9. The van der Waals surface area contributed by atoms with Crippen LogP contribution in [-0.4, -0.2) is 30.5 Å². The van der Waals surface area contributed by atoms with Gasteiger partial charge in [0.1, 0.15) is 11.6 Å². The summed E-state index contributed by atoms with van der Waals surface area (Å²) in [5.41, 5.74) is 1.02. The van der Waals surface area contributed by atoms with Gasteiger partial charge in [0.25, 0.3) is 5.91 Å². The molecule has 0 spiro atoms. The Balaban J connectivity index is 1.71. The first-order valence-corrected chi connectivity index (χ1v) is 7.38. The van der Waals surface area contributed by atoms with Gasteiger partial charge in [-0.2, -0.15) is 0 Å². The van der Waals surface area contributed by atoms with Gasteiger partial charge in [-0.3, -0.25) is 14.6 Å². The number of carbonyl (C=O) groups is 2. The molecule has 2 N–H and O–H groups in total. The smallest absolute Gasteiger partial charge is 0.251 e. The van der Waals surface area contributed by atoms with Gasteiger partial charge in [-0.05, 0) is 30.3 Å². The molecule has 24 heavy (non-hydrogen) atoms. The summed E-state index contributed by atoms with van der Waals surface area (Å²) in [6.45, 7) is 0.468. The second-order valence-corrected chi connectivity index (χ2v) is 4.98. The molecule has 126 valence electrons. The number of halogens is 1. The summed E-state index contributed by atoms with van der Waals surface area (Å²) in [7, 11) is 1.56. The van der Waals surface area contributed by atoms with Crippen molar-refractivity contribution in [3.63, 3.8) is 0 Å². The minimum absolute atomic E-state index is 0.136. The largest absolute Gasteiger partial charge is 0.497 e. The molecule has 2 aromatic rings. The predicted molar refractivity (Wildman–Crippen MR) is 86.0 cm³/mol. The first-order valence-electron chi connectivity index (χ1n) is 7.38. The van der Waals surface area contributed by atoms with Crippen LogP contribution in [0.15, 0.2) is 42.6 Å². The molecule has 2 rings (SSSR count). The average molecular weight is 331 g/mol. The van der Waals surface area contributed by atoms with Gasteiger partial charge in [-0.15, -0.1) is 0 Å². The van der Waals surface area contributed by atoms with Crippen molar-refractivity contribution in [2.75, 3.05) is 13.7 Å². The summed E-state index contributed by atoms with van der Waals surface area (Å²) in [6.07, 6.45) is 1.74. The zero-order valence-electron chi connectivity index (χ0n) is 13.2. The Morgan fingerprint density at radius 1 is 1.17 bits per heavy atom. The Morgan fingerprint density at radius 3 is 2.62 bits per heavy atom. The first-order chi connectivity index (χ1) is 11.6. The second kappa shape index (κ2) is 8.61. The molecule has 0 saturated heterocycles. The molecule has 0 aliphatic heterocycles. The van der Waals surface area contributed by atoms with Gasteiger partial charge in [-0.1, -0.05) is 0 Å². The van der Waals surface area contributed by atoms with Crippen molar-refractivity contribution in [2.24, 2.45) is 0 Å². The number of ether oxygens (including phenoxy) is 1. The predicted octanol–water partition coefficient (Wildman–Crippen LogP) is 1.67. The van der Waals surface area contributed by atoms with Crippen LogP contribution in [0.1, 0.15) is 22.5 Å². The van der Waals surface area contributed by atoms with Gasteiger partial charge in [0.2, 0.25) is 5.91 Å². The van der Waals surface area contributed by atoms with Gasteiger partial charge in [-0.25, -0.2) is 4.39 Å². The third kappa shape index (κ3) is 5.35. The van der Waals surface area contributed by atoms with Gasteiger partial charge in [0, 0.05) is 30.8 Å². The molecule has 6 nitrogen and oxygen atoms in total. The summed E-state index contributed by atoms with van der Waals surface area (Å²) in [4.78, 5) is 27.7. The van der Waals surface area contributed by atoms with E-state index < -0.39 is 5.82 Å². The van der Waals surface area contributed by atoms with Crippen LogP contribution in [0.5, 0.6) is 5.75 Å². The molecule has 0 unspecified atom stereocenters. The zero-order chi connectivity index (χ0) is 17.4. The molecule has 0 aliphatic rings. The summed E-state index contributed by atoms with van der Waals surface area (Å²) in [6, 6.07) is 8.65. The SMILES string of the molecule is COc1ccnc(CNC(=O)CCNC(=O)c2ccc(F)cc2)c1. The molecule has 2 amide bonds. The molecule has 0 bridgehead atoms. The van der Waals surface area contributed by atoms with E-state index in [1.165, 1.54) is 24.3 Å². The number of rotatable bonds is 7. The highest BCUT2D eigenvalue weighted by Gasteiger charge is 2.07. The molecule has 1 aromatic carbocycles. The summed E-state index contributed by atoms with van der Waals surface area (Å²) in [5.74, 6) is -0.297.